The molecule has 1 heterocycles. The number of hydrogen-bond acceptors (Lipinski definition) is 4. The highest BCUT2D eigenvalue weighted by Gasteiger charge is 2.23. The Morgan fingerprint density at radius 3 is 2.50 bits per heavy atom. The average Bonchev–Trinajstić information content (AvgIpc) is 2.53. The Morgan fingerprint density at radius 2 is 1.77 bits per heavy atom. The van der Waals surface area contributed by atoms with Gasteiger partial charge >= 0.3 is 0 Å². The van der Waals surface area contributed by atoms with Gasteiger partial charge in [0.25, 0.3) is 0 Å². The number of hydrogen-bond donors (Lipinski definition) is 1. The summed E-state index contributed by atoms with van der Waals surface area (Å²) in [5.41, 5.74) is 0. The van der Waals surface area contributed by atoms with Crippen LogP contribution in [0, 0.1) is 0 Å². The molecule has 1 atom stereocenters. The van der Waals surface area contributed by atoms with Crippen molar-refractivity contribution >= 4 is 21.6 Å². The van der Waals surface area contributed by atoms with E-state index in [-0.39, 0.29) is 17.5 Å². The van der Waals surface area contributed by atoms with E-state index in [1.165, 1.54) is 24.3 Å². The van der Waals surface area contributed by atoms with Crippen LogP contribution in [0.2, 0.25) is 5.02 Å². The van der Waals surface area contributed by atoms with Crippen molar-refractivity contribution in [2.75, 3.05) is 13.2 Å². The Bertz CT molecular complexity index is 761. The van der Waals surface area contributed by atoms with Crippen LogP contribution in [0.1, 0.15) is 0 Å². The van der Waals surface area contributed by atoms with Crippen molar-refractivity contribution in [3.63, 3.8) is 0 Å². The van der Waals surface area contributed by atoms with Crippen LogP contribution in [0.5, 0.6) is 11.5 Å². The molecule has 116 valence electrons. The van der Waals surface area contributed by atoms with Gasteiger partial charge in [-0.3, -0.25) is 0 Å². The molecular weight excluding hydrogens is 326 g/mol. The fourth-order valence-corrected chi connectivity index (χ4v) is 3.26. The maximum Gasteiger partial charge on any atom is 0.240 e. The number of rotatable bonds is 4. The zero-order valence-corrected chi connectivity index (χ0v) is 13.1. The average molecular weight is 340 g/mol. The van der Waals surface area contributed by atoms with E-state index in [2.05, 4.69) is 4.72 Å². The summed E-state index contributed by atoms with van der Waals surface area (Å²) in [6.07, 6.45) is -0.378. The van der Waals surface area contributed by atoms with Gasteiger partial charge in [-0.25, -0.2) is 13.1 Å². The van der Waals surface area contributed by atoms with Gasteiger partial charge in [-0.05, 0) is 36.4 Å². The molecule has 0 radical (unpaired) electrons. The molecule has 0 bridgehead atoms. The Morgan fingerprint density at radius 1 is 1.09 bits per heavy atom. The van der Waals surface area contributed by atoms with E-state index < -0.39 is 10.0 Å². The number of nitrogens with one attached hydrogen (secondary N) is 1. The summed E-state index contributed by atoms with van der Waals surface area (Å²) in [7, 11) is -3.60. The molecule has 5 nitrogen and oxygen atoms in total. The summed E-state index contributed by atoms with van der Waals surface area (Å²) in [6, 6.07) is 13.3. The van der Waals surface area contributed by atoms with Crippen molar-refractivity contribution in [1.29, 1.82) is 0 Å². The molecule has 7 heteroatoms. The summed E-state index contributed by atoms with van der Waals surface area (Å²) in [4.78, 5) is 0.161. The molecule has 1 aliphatic heterocycles. The first kappa shape index (κ1) is 15.1. The topological polar surface area (TPSA) is 64.6 Å². The van der Waals surface area contributed by atoms with Gasteiger partial charge in [-0.2, -0.15) is 0 Å². The van der Waals surface area contributed by atoms with Gasteiger partial charge in [-0.1, -0.05) is 23.7 Å². The summed E-state index contributed by atoms with van der Waals surface area (Å²) in [6.45, 7) is 0.416. The Labute approximate surface area is 133 Å². The highest BCUT2D eigenvalue weighted by atomic mass is 35.5. The Balaban J connectivity index is 1.64. The second kappa shape index (κ2) is 6.16. The number of benzene rings is 2. The molecule has 0 saturated carbocycles. The van der Waals surface area contributed by atoms with E-state index in [4.69, 9.17) is 21.1 Å². The van der Waals surface area contributed by atoms with Gasteiger partial charge in [0.15, 0.2) is 11.5 Å². The van der Waals surface area contributed by atoms with Gasteiger partial charge < -0.3 is 9.47 Å². The van der Waals surface area contributed by atoms with Crippen LogP contribution in [-0.4, -0.2) is 27.7 Å². The minimum absolute atomic E-state index is 0.124. The molecule has 22 heavy (non-hydrogen) atoms. The van der Waals surface area contributed by atoms with E-state index >= 15 is 0 Å². The van der Waals surface area contributed by atoms with Crippen LogP contribution in [0.15, 0.2) is 53.4 Å². The first-order valence-electron chi connectivity index (χ1n) is 6.68. The van der Waals surface area contributed by atoms with Gasteiger partial charge in [0.1, 0.15) is 12.7 Å². The maximum atomic E-state index is 12.2. The van der Waals surface area contributed by atoms with E-state index in [1.807, 2.05) is 18.2 Å². The second-order valence-electron chi connectivity index (χ2n) is 4.80. The SMILES string of the molecule is O=S(=O)(NC[C@@H]1COc2ccccc2O1)c1ccc(Cl)cc1. The lowest BCUT2D eigenvalue weighted by Crippen LogP contribution is -2.40. The van der Waals surface area contributed by atoms with Crippen molar-refractivity contribution in [1.82, 2.24) is 4.72 Å². The lowest BCUT2D eigenvalue weighted by molar-refractivity contribution is 0.0943. The Kier molecular flexibility index (Phi) is 4.24. The van der Waals surface area contributed by atoms with Crippen LogP contribution in [-0.2, 0) is 10.0 Å². The zero-order valence-electron chi connectivity index (χ0n) is 11.5. The van der Waals surface area contributed by atoms with Crippen LogP contribution < -0.4 is 14.2 Å². The summed E-state index contributed by atoms with van der Waals surface area (Å²) < 4.78 is 38.1. The monoisotopic (exact) mass is 339 g/mol. The van der Waals surface area contributed by atoms with E-state index in [0.717, 1.165) is 0 Å². The molecule has 0 amide bonds. The molecule has 0 aliphatic carbocycles. The molecule has 0 saturated heterocycles. The molecule has 0 aromatic heterocycles. The van der Waals surface area contributed by atoms with E-state index in [0.29, 0.717) is 23.1 Å². The van der Waals surface area contributed by atoms with Crippen LogP contribution in [0.3, 0.4) is 0 Å². The predicted molar refractivity (Wildman–Crippen MR) is 83.0 cm³/mol. The quantitative estimate of drug-likeness (QED) is 0.929. The van der Waals surface area contributed by atoms with E-state index in [1.54, 1.807) is 6.07 Å². The highest BCUT2D eigenvalue weighted by molar-refractivity contribution is 7.89. The fraction of sp³-hybridized carbons (Fsp3) is 0.200. The van der Waals surface area contributed by atoms with Crippen LogP contribution in [0.4, 0.5) is 0 Å². The highest BCUT2D eigenvalue weighted by Crippen LogP contribution is 2.30. The van der Waals surface area contributed by atoms with Gasteiger partial charge in [-0.15, -0.1) is 0 Å². The van der Waals surface area contributed by atoms with Crippen LogP contribution >= 0.6 is 11.6 Å². The zero-order chi connectivity index (χ0) is 15.6. The van der Waals surface area contributed by atoms with Crippen molar-refractivity contribution in [3.8, 4) is 11.5 Å². The van der Waals surface area contributed by atoms with Crippen molar-refractivity contribution < 1.29 is 17.9 Å². The largest absolute Gasteiger partial charge is 0.486 e. The van der Waals surface area contributed by atoms with Crippen molar-refractivity contribution in [2.24, 2.45) is 0 Å². The third-order valence-electron chi connectivity index (χ3n) is 3.19. The molecule has 1 aliphatic rings. The second-order valence-corrected chi connectivity index (χ2v) is 7.01. The van der Waals surface area contributed by atoms with Crippen LogP contribution in [0.25, 0.3) is 0 Å². The molecule has 1 N–H and O–H groups in total. The number of fused-ring (bicyclic) bond motifs is 1. The standard InChI is InChI=1S/C15H14ClNO4S/c16-11-5-7-13(8-6-11)22(18,19)17-9-12-10-20-14-3-1-2-4-15(14)21-12/h1-8,12,17H,9-10H2/t12-/m1/s1. The first-order chi connectivity index (χ1) is 10.5. The molecular formula is C15H14ClNO4S. The summed E-state index contributed by atoms with van der Waals surface area (Å²) in [5, 5.41) is 0.486. The minimum atomic E-state index is -3.60. The Hall–Kier alpha value is -1.76. The number of sulfonamides is 1. The fourth-order valence-electron chi connectivity index (χ4n) is 2.06. The number of halogens is 1. The summed E-state index contributed by atoms with van der Waals surface area (Å²) in [5.74, 6) is 1.28. The number of ether oxygens (including phenoxy) is 2. The van der Waals surface area contributed by atoms with Gasteiger partial charge in [0.2, 0.25) is 10.0 Å². The summed E-state index contributed by atoms with van der Waals surface area (Å²) >= 11 is 5.76. The maximum absolute atomic E-state index is 12.2. The number of para-hydroxylation sites is 2. The van der Waals surface area contributed by atoms with Gasteiger partial charge in [0, 0.05) is 5.02 Å². The minimum Gasteiger partial charge on any atom is -0.486 e. The predicted octanol–water partition coefficient (Wildman–Crippen LogP) is 2.46. The van der Waals surface area contributed by atoms with Crippen molar-refractivity contribution in [3.05, 3.63) is 53.6 Å². The molecule has 2 aromatic carbocycles. The smallest absolute Gasteiger partial charge is 0.240 e. The third-order valence-corrected chi connectivity index (χ3v) is 4.88. The molecule has 0 fully saturated rings. The lowest BCUT2D eigenvalue weighted by Gasteiger charge is -2.26. The first-order valence-corrected chi connectivity index (χ1v) is 8.54. The third kappa shape index (κ3) is 3.35. The van der Waals surface area contributed by atoms with E-state index in [9.17, 15) is 8.42 Å². The molecule has 0 unspecified atom stereocenters. The van der Waals surface area contributed by atoms with Gasteiger partial charge in [0.05, 0.1) is 11.4 Å². The molecule has 0 spiro atoms. The van der Waals surface area contributed by atoms with Crippen molar-refractivity contribution in [2.45, 2.75) is 11.0 Å². The normalized spacial score (nSPS) is 17.2. The molecule has 2 aromatic rings. The lowest BCUT2D eigenvalue weighted by atomic mass is 10.2. The molecule has 3 rings (SSSR count).